The number of aromatic nitrogens is 3. The number of anilines is 2. The predicted octanol–water partition coefficient (Wildman–Crippen LogP) is 4.31. The van der Waals surface area contributed by atoms with Crippen LogP contribution in [-0.4, -0.2) is 20.1 Å². The van der Waals surface area contributed by atoms with Gasteiger partial charge in [0.05, 0.1) is 0 Å². The van der Waals surface area contributed by atoms with E-state index >= 15 is 0 Å². The second kappa shape index (κ2) is 6.28. The van der Waals surface area contributed by atoms with E-state index in [2.05, 4.69) is 38.5 Å². The highest BCUT2D eigenvalue weighted by Gasteiger charge is 2.04. The molecular formula is C20H18N4O. The number of benzene rings is 2. The molecule has 0 atom stereocenters. The SMILES string of the molecule is Cc1cc2cc(Nc3ccnc(Cc4cccc(O)c4)n3)ccc2[nH]1. The fourth-order valence-corrected chi connectivity index (χ4v) is 2.91. The Morgan fingerprint density at radius 2 is 2.00 bits per heavy atom. The molecule has 0 saturated heterocycles. The molecule has 0 fully saturated rings. The minimum atomic E-state index is 0.252. The summed E-state index contributed by atoms with van der Waals surface area (Å²) in [7, 11) is 0. The minimum absolute atomic E-state index is 0.252. The number of nitrogens with zero attached hydrogens (tertiary/aromatic N) is 2. The highest BCUT2D eigenvalue weighted by molar-refractivity contribution is 5.84. The number of aromatic amines is 1. The second-order valence-corrected chi connectivity index (χ2v) is 6.08. The van der Waals surface area contributed by atoms with Gasteiger partial charge in [-0.2, -0.15) is 0 Å². The number of nitrogens with one attached hydrogen (secondary N) is 2. The highest BCUT2D eigenvalue weighted by Crippen LogP contribution is 2.22. The molecule has 25 heavy (non-hydrogen) atoms. The first-order valence-corrected chi connectivity index (χ1v) is 8.12. The molecule has 0 spiro atoms. The number of H-pyrrole nitrogens is 1. The molecule has 0 unspecified atom stereocenters. The van der Waals surface area contributed by atoms with Crippen molar-refractivity contribution in [3.63, 3.8) is 0 Å². The maximum Gasteiger partial charge on any atom is 0.135 e. The van der Waals surface area contributed by atoms with Gasteiger partial charge in [0.15, 0.2) is 0 Å². The molecule has 0 amide bonds. The summed E-state index contributed by atoms with van der Waals surface area (Å²) in [6.45, 7) is 2.05. The van der Waals surface area contributed by atoms with Crippen LogP contribution in [0.1, 0.15) is 17.1 Å². The Morgan fingerprint density at radius 1 is 1.08 bits per heavy atom. The lowest BCUT2D eigenvalue weighted by Gasteiger charge is -2.07. The first kappa shape index (κ1) is 15.2. The van der Waals surface area contributed by atoms with Crippen LogP contribution in [0.3, 0.4) is 0 Å². The van der Waals surface area contributed by atoms with Crippen LogP contribution in [-0.2, 0) is 6.42 Å². The Hall–Kier alpha value is -3.34. The van der Waals surface area contributed by atoms with Gasteiger partial charge in [0.2, 0.25) is 0 Å². The van der Waals surface area contributed by atoms with Crippen molar-refractivity contribution < 1.29 is 5.11 Å². The zero-order chi connectivity index (χ0) is 17.2. The van der Waals surface area contributed by atoms with E-state index in [1.165, 1.54) is 0 Å². The van der Waals surface area contributed by atoms with Crippen LogP contribution >= 0.6 is 0 Å². The van der Waals surface area contributed by atoms with Crippen molar-refractivity contribution in [1.82, 2.24) is 15.0 Å². The van der Waals surface area contributed by atoms with Crippen LogP contribution < -0.4 is 5.32 Å². The zero-order valence-corrected chi connectivity index (χ0v) is 13.8. The first-order chi connectivity index (χ1) is 12.2. The topological polar surface area (TPSA) is 73.8 Å². The Bertz CT molecular complexity index is 1040. The van der Waals surface area contributed by atoms with Gasteiger partial charge in [0.1, 0.15) is 17.4 Å². The first-order valence-electron chi connectivity index (χ1n) is 8.12. The van der Waals surface area contributed by atoms with Gasteiger partial charge in [-0.1, -0.05) is 12.1 Å². The van der Waals surface area contributed by atoms with Crippen LogP contribution in [0.15, 0.2) is 60.8 Å². The largest absolute Gasteiger partial charge is 0.508 e. The third-order valence-corrected chi connectivity index (χ3v) is 4.01. The van der Waals surface area contributed by atoms with Gasteiger partial charge in [-0.05, 0) is 55.0 Å². The summed E-state index contributed by atoms with van der Waals surface area (Å²) < 4.78 is 0. The molecule has 0 radical (unpaired) electrons. The lowest BCUT2D eigenvalue weighted by molar-refractivity contribution is 0.474. The summed E-state index contributed by atoms with van der Waals surface area (Å²) in [5.41, 5.74) is 4.22. The highest BCUT2D eigenvalue weighted by atomic mass is 16.3. The molecule has 3 N–H and O–H groups in total. The number of hydrogen-bond acceptors (Lipinski definition) is 4. The van der Waals surface area contributed by atoms with Crippen LogP contribution in [0.25, 0.3) is 10.9 Å². The van der Waals surface area contributed by atoms with Gasteiger partial charge in [-0.15, -0.1) is 0 Å². The number of phenolic OH excluding ortho intramolecular Hbond substituents is 1. The molecule has 5 nitrogen and oxygen atoms in total. The van der Waals surface area contributed by atoms with Gasteiger partial charge in [0.25, 0.3) is 0 Å². The molecular weight excluding hydrogens is 312 g/mol. The fraction of sp³-hybridized carbons (Fsp3) is 0.100. The van der Waals surface area contributed by atoms with Crippen LogP contribution in [0.2, 0.25) is 0 Å². The van der Waals surface area contributed by atoms with E-state index in [1.807, 2.05) is 31.2 Å². The van der Waals surface area contributed by atoms with Crippen molar-refractivity contribution in [2.45, 2.75) is 13.3 Å². The van der Waals surface area contributed by atoms with Crippen molar-refractivity contribution in [3.8, 4) is 5.75 Å². The third-order valence-electron chi connectivity index (χ3n) is 4.01. The van der Waals surface area contributed by atoms with E-state index < -0.39 is 0 Å². The molecule has 0 bridgehead atoms. The molecule has 2 aromatic carbocycles. The van der Waals surface area contributed by atoms with Crippen molar-refractivity contribution >= 4 is 22.4 Å². The summed E-state index contributed by atoms with van der Waals surface area (Å²) in [6, 6.07) is 17.3. The van der Waals surface area contributed by atoms with Gasteiger partial charge in [0, 0.05) is 34.9 Å². The quantitative estimate of drug-likeness (QED) is 0.521. The molecule has 0 saturated carbocycles. The molecule has 0 aliphatic rings. The van der Waals surface area contributed by atoms with E-state index in [9.17, 15) is 5.11 Å². The van der Waals surface area contributed by atoms with Crippen molar-refractivity contribution in [2.24, 2.45) is 0 Å². The summed E-state index contributed by atoms with van der Waals surface area (Å²) in [6.07, 6.45) is 2.31. The lowest BCUT2D eigenvalue weighted by atomic mass is 10.1. The molecule has 4 aromatic rings. The number of fused-ring (bicyclic) bond motifs is 1. The Balaban J connectivity index is 1.55. The standard InChI is InChI=1S/C20H18N4O/c1-13-9-15-12-16(5-6-18(15)22-13)23-19-7-8-21-20(24-19)11-14-3-2-4-17(25)10-14/h2-10,12,22,25H,11H2,1H3,(H,21,23,24). The van der Waals surface area contributed by atoms with Gasteiger partial charge in [-0.25, -0.2) is 9.97 Å². The molecule has 2 heterocycles. The normalized spacial score (nSPS) is 10.9. The van der Waals surface area contributed by atoms with Crippen molar-refractivity contribution in [2.75, 3.05) is 5.32 Å². The van der Waals surface area contributed by atoms with E-state index in [-0.39, 0.29) is 5.75 Å². The second-order valence-electron chi connectivity index (χ2n) is 6.08. The Labute approximate surface area is 145 Å². The number of aryl methyl sites for hydroxylation is 1. The van der Waals surface area contributed by atoms with Gasteiger partial charge < -0.3 is 15.4 Å². The zero-order valence-electron chi connectivity index (χ0n) is 13.8. The Kier molecular flexibility index (Phi) is 3.82. The van der Waals surface area contributed by atoms with Crippen LogP contribution in [0.4, 0.5) is 11.5 Å². The summed E-state index contributed by atoms with van der Waals surface area (Å²) in [4.78, 5) is 12.2. The maximum absolute atomic E-state index is 9.57. The Morgan fingerprint density at radius 3 is 2.88 bits per heavy atom. The molecule has 124 valence electrons. The average molecular weight is 330 g/mol. The number of aromatic hydroxyl groups is 1. The summed E-state index contributed by atoms with van der Waals surface area (Å²) >= 11 is 0. The molecule has 0 aliphatic carbocycles. The minimum Gasteiger partial charge on any atom is -0.508 e. The van der Waals surface area contributed by atoms with E-state index in [1.54, 1.807) is 18.3 Å². The molecule has 2 aromatic heterocycles. The van der Waals surface area contributed by atoms with Gasteiger partial charge >= 0.3 is 0 Å². The maximum atomic E-state index is 9.57. The number of hydrogen-bond donors (Lipinski definition) is 3. The van der Waals surface area contributed by atoms with E-state index in [4.69, 9.17) is 0 Å². The molecule has 5 heteroatoms. The lowest BCUT2D eigenvalue weighted by Crippen LogP contribution is -2.00. The van der Waals surface area contributed by atoms with Crippen molar-refractivity contribution in [1.29, 1.82) is 0 Å². The average Bonchev–Trinajstić information content (AvgIpc) is 2.94. The summed E-state index contributed by atoms with van der Waals surface area (Å²) in [5, 5.41) is 14.1. The third kappa shape index (κ3) is 3.45. The predicted molar refractivity (Wildman–Crippen MR) is 99.3 cm³/mol. The number of rotatable bonds is 4. The van der Waals surface area contributed by atoms with Crippen LogP contribution in [0, 0.1) is 6.92 Å². The smallest absolute Gasteiger partial charge is 0.135 e. The van der Waals surface area contributed by atoms with E-state index in [0.717, 1.165) is 33.7 Å². The van der Waals surface area contributed by atoms with Crippen molar-refractivity contribution in [3.05, 3.63) is 77.9 Å². The molecule has 0 aliphatic heterocycles. The summed E-state index contributed by atoms with van der Waals surface area (Å²) in [5.74, 6) is 1.70. The van der Waals surface area contributed by atoms with E-state index in [0.29, 0.717) is 12.2 Å². The monoisotopic (exact) mass is 330 g/mol. The number of phenols is 1. The molecule has 4 rings (SSSR count). The fourth-order valence-electron chi connectivity index (χ4n) is 2.91. The van der Waals surface area contributed by atoms with Crippen LogP contribution in [0.5, 0.6) is 5.75 Å². The van der Waals surface area contributed by atoms with Gasteiger partial charge in [-0.3, -0.25) is 0 Å².